The van der Waals surface area contributed by atoms with Crippen LogP contribution in [0.2, 0.25) is 0 Å². The number of aliphatic imine (C=N–C) groups is 1. The molecule has 0 radical (unpaired) electrons. The minimum Gasteiger partial charge on any atom is -0.507 e. The van der Waals surface area contributed by atoms with E-state index in [0.717, 1.165) is 34.6 Å². The number of aromatic nitrogens is 2. The SMILES string of the molecule is Cc1cc(=O)c2c(O)c3c(cc2o1)OC1(C)CCSSCc2c(cc(CN4C=C5N=CC=C5C4)nc2N)-c2cc(cc(N)n2)CCC2OC24C(=O)OC1C3C1C=CC4C(O)C1. The number of rotatable bonds is 2. The standard InChI is InChI=1S/C45H44N6O8S2/c1-21-11-32(53)38-33(56-21)16-34-39(40(38)54)37-23-4-5-28(31(52)14-23)45-35(59-45)6-3-22-12-29(50-36(46)13-22)26-15-25(18-51-17-24-7-9-48-30(24)19-51)49-42(47)27(26)20-61-60-10-8-44(2,58-34)41(37)57-43(45)55/h4-5,7,9,11-13,15-16,19,23,28,31,35,37,41,52,54H,3,6,8,10,14,17-18,20H2,1-2H3,(H2,46,50)(H2,47,49). The molecule has 4 aromatic rings. The molecule has 6 N–H and O–H groups in total. The summed E-state index contributed by atoms with van der Waals surface area (Å²) in [7, 11) is 3.25. The van der Waals surface area contributed by atoms with E-state index in [2.05, 4.69) is 16.0 Å². The van der Waals surface area contributed by atoms with E-state index in [1.165, 1.54) is 11.6 Å². The number of ether oxygens (including phenoxy) is 3. The molecular weight excluding hydrogens is 817 g/mol. The van der Waals surface area contributed by atoms with E-state index < -0.39 is 52.7 Å². The van der Waals surface area contributed by atoms with E-state index in [1.54, 1.807) is 34.6 Å². The number of benzene rings is 1. The van der Waals surface area contributed by atoms with Crippen molar-refractivity contribution in [1.29, 1.82) is 0 Å². The molecule has 12 rings (SSSR count). The Balaban J connectivity index is 0.996. The highest BCUT2D eigenvalue weighted by Gasteiger charge is 2.71. The van der Waals surface area contributed by atoms with Gasteiger partial charge in [-0.15, -0.1) is 0 Å². The molecule has 1 aromatic carbocycles. The summed E-state index contributed by atoms with van der Waals surface area (Å²) < 4.78 is 25.9. The van der Waals surface area contributed by atoms with Crippen molar-refractivity contribution < 1.29 is 33.6 Å². The number of epoxide rings is 1. The second-order valence-corrected chi connectivity index (χ2v) is 19.9. The van der Waals surface area contributed by atoms with Crippen LogP contribution >= 0.6 is 21.6 Å². The molecule has 8 atom stereocenters. The average molecular weight is 861 g/mol. The largest absolute Gasteiger partial charge is 0.507 e. The zero-order valence-electron chi connectivity index (χ0n) is 33.5. The number of phenols is 1. The van der Waals surface area contributed by atoms with Gasteiger partial charge in [0, 0.05) is 83.1 Å². The van der Waals surface area contributed by atoms with Crippen LogP contribution in [0.4, 0.5) is 11.6 Å². The molecule has 61 heavy (non-hydrogen) atoms. The molecule has 14 nitrogen and oxygen atoms in total. The number of fused-ring (bicyclic) bond motifs is 8. The number of carbonyl (C=O) groups excluding carboxylic acids is 1. The Morgan fingerprint density at radius 1 is 1.08 bits per heavy atom. The Hall–Kier alpha value is -5.29. The Bertz CT molecular complexity index is 2750. The van der Waals surface area contributed by atoms with Crippen molar-refractivity contribution in [1.82, 2.24) is 14.9 Å². The third-order valence-electron chi connectivity index (χ3n) is 13.4. The van der Waals surface area contributed by atoms with Crippen LogP contribution in [-0.2, 0) is 33.0 Å². The first kappa shape index (κ1) is 38.6. The van der Waals surface area contributed by atoms with E-state index in [9.17, 15) is 19.8 Å². The third-order valence-corrected chi connectivity index (χ3v) is 15.7. The van der Waals surface area contributed by atoms with Crippen LogP contribution in [-0.4, -0.2) is 79.1 Å². The Kier molecular flexibility index (Phi) is 8.94. The Labute approximate surface area is 358 Å². The molecule has 0 amide bonds. The number of aryl methyl sites for hydroxylation is 2. The van der Waals surface area contributed by atoms with Crippen molar-refractivity contribution in [3.05, 3.63) is 104 Å². The van der Waals surface area contributed by atoms with Gasteiger partial charge in [-0.1, -0.05) is 33.7 Å². The van der Waals surface area contributed by atoms with Crippen LogP contribution in [0.15, 0.2) is 80.2 Å². The fourth-order valence-corrected chi connectivity index (χ4v) is 12.8. The highest BCUT2D eigenvalue weighted by Crippen LogP contribution is 2.59. The van der Waals surface area contributed by atoms with Crippen molar-refractivity contribution in [3.8, 4) is 22.8 Å². The molecule has 7 aliphatic heterocycles. The number of nitrogens with two attached hydrogens (primary N) is 2. The number of nitrogens with zero attached hydrogens (tertiary/aromatic N) is 4. The predicted molar refractivity (Wildman–Crippen MR) is 233 cm³/mol. The van der Waals surface area contributed by atoms with Crippen LogP contribution < -0.4 is 21.6 Å². The van der Waals surface area contributed by atoms with Gasteiger partial charge in [0.25, 0.3) is 0 Å². The van der Waals surface area contributed by atoms with E-state index >= 15 is 0 Å². The normalized spacial score (nSPS) is 31.0. The van der Waals surface area contributed by atoms with Gasteiger partial charge < -0.3 is 45.2 Å². The highest BCUT2D eigenvalue weighted by atomic mass is 33.1. The van der Waals surface area contributed by atoms with Crippen LogP contribution in [0.25, 0.3) is 22.2 Å². The molecule has 8 aliphatic rings. The number of allylic oxidation sites excluding steroid dienone is 2. The first-order chi connectivity index (χ1) is 29.4. The number of pyridine rings is 2. The predicted octanol–water partition coefficient (Wildman–Crippen LogP) is 5.87. The lowest BCUT2D eigenvalue weighted by atomic mass is 9.67. The van der Waals surface area contributed by atoms with Crippen LogP contribution in [0.3, 0.4) is 0 Å². The van der Waals surface area contributed by atoms with Gasteiger partial charge in [0.05, 0.1) is 29.7 Å². The van der Waals surface area contributed by atoms with E-state index in [4.69, 9.17) is 40.1 Å². The van der Waals surface area contributed by atoms with E-state index in [0.29, 0.717) is 71.7 Å². The quantitative estimate of drug-likeness (QED) is 0.0804. The number of anilines is 2. The number of hydrogen-bond donors (Lipinski definition) is 4. The minimum atomic E-state index is -1.44. The molecule has 1 aliphatic carbocycles. The molecule has 1 spiro atoms. The molecule has 3 aromatic heterocycles. The van der Waals surface area contributed by atoms with Crippen molar-refractivity contribution in [2.45, 2.75) is 87.3 Å². The summed E-state index contributed by atoms with van der Waals surface area (Å²) in [4.78, 5) is 44.5. The summed E-state index contributed by atoms with van der Waals surface area (Å²) in [6, 6.07) is 8.90. The third kappa shape index (κ3) is 6.27. The molecule has 2 saturated heterocycles. The van der Waals surface area contributed by atoms with Crippen LogP contribution in [0.5, 0.6) is 11.5 Å². The van der Waals surface area contributed by atoms with Gasteiger partial charge in [0.15, 0.2) is 11.0 Å². The molecule has 2 fully saturated rings. The maximum Gasteiger partial charge on any atom is 0.342 e. The van der Waals surface area contributed by atoms with Gasteiger partial charge in [0.1, 0.15) is 57.7 Å². The maximum atomic E-state index is 14.8. The summed E-state index contributed by atoms with van der Waals surface area (Å²) in [5, 5.41) is 23.9. The topological polar surface area (TPSA) is 212 Å². The lowest BCUT2D eigenvalue weighted by Gasteiger charge is -2.48. The van der Waals surface area contributed by atoms with E-state index in [-0.39, 0.29) is 29.1 Å². The number of aromatic hydroxyl groups is 1. The molecule has 10 heterocycles. The number of hydrogen-bond acceptors (Lipinski definition) is 16. The maximum absolute atomic E-state index is 14.8. The second-order valence-electron chi connectivity index (χ2n) is 17.3. The molecule has 6 bridgehead atoms. The summed E-state index contributed by atoms with van der Waals surface area (Å²) in [5.74, 6) is 0.0269. The average Bonchev–Trinajstić information content (AvgIpc) is 3.53. The van der Waals surface area contributed by atoms with Crippen LogP contribution in [0.1, 0.15) is 60.2 Å². The number of aliphatic hydroxyl groups excluding tert-OH is 1. The minimum absolute atomic E-state index is 0.0271. The number of phenolic OH excluding ortho intramolecular Hbond substituents is 1. The smallest absolute Gasteiger partial charge is 0.342 e. The summed E-state index contributed by atoms with van der Waals surface area (Å²) in [5.41, 5.74) is 17.1. The zero-order valence-corrected chi connectivity index (χ0v) is 35.1. The first-order valence-electron chi connectivity index (χ1n) is 20.6. The van der Waals surface area contributed by atoms with Gasteiger partial charge in [0.2, 0.25) is 0 Å². The molecule has 8 unspecified atom stereocenters. The van der Waals surface area contributed by atoms with Gasteiger partial charge in [-0.2, -0.15) is 0 Å². The monoisotopic (exact) mass is 860 g/mol. The fraction of sp³-hybridized carbons (Fsp3) is 0.400. The van der Waals surface area contributed by atoms with Crippen molar-refractivity contribution in [2.75, 3.05) is 23.8 Å². The summed E-state index contributed by atoms with van der Waals surface area (Å²) in [6.07, 6.45) is 8.99. The van der Waals surface area contributed by atoms with Crippen molar-refractivity contribution >= 4 is 56.4 Å². The lowest BCUT2D eigenvalue weighted by molar-refractivity contribution is -0.174. The fourth-order valence-electron chi connectivity index (χ4n) is 10.4. The summed E-state index contributed by atoms with van der Waals surface area (Å²) in [6.45, 7) is 4.87. The molecule has 16 heteroatoms. The number of aliphatic hydroxyl groups is 1. The highest BCUT2D eigenvalue weighted by molar-refractivity contribution is 8.76. The molecule has 0 saturated carbocycles. The summed E-state index contributed by atoms with van der Waals surface area (Å²) >= 11 is 0. The van der Waals surface area contributed by atoms with Gasteiger partial charge in [-0.3, -0.25) is 9.79 Å². The number of nitrogen functional groups attached to an aromatic ring is 2. The first-order valence-corrected chi connectivity index (χ1v) is 23.1. The second kappa shape index (κ2) is 14.1. The zero-order chi connectivity index (χ0) is 41.9. The van der Waals surface area contributed by atoms with Gasteiger partial charge in [-0.25, -0.2) is 14.8 Å². The van der Waals surface area contributed by atoms with Crippen molar-refractivity contribution in [2.24, 2.45) is 16.8 Å². The Morgan fingerprint density at radius 2 is 1.95 bits per heavy atom. The number of esters is 1. The molecule has 314 valence electrons. The van der Waals surface area contributed by atoms with E-state index in [1.807, 2.05) is 49.7 Å². The van der Waals surface area contributed by atoms with Crippen molar-refractivity contribution in [3.63, 3.8) is 0 Å². The molecular formula is C45H44N6O8S2. The van der Waals surface area contributed by atoms with Crippen LogP contribution in [0, 0.1) is 18.8 Å². The lowest BCUT2D eigenvalue weighted by Crippen LogP contribution is -2.55. The Morgan fingerprint density at radius 3 is 2.79 bits per heavy atom. The number of carbonyl (C=O) groups is 1. The van der Waals surface area contributed by atoms with Gasteiger partial charge in [-0.05, 0) is 68.9 Å². The van der Waals surface area contributed by atoms with Gasteiger partial charge >= 0.3 is 5.97 Å².